The molecule has 0 bridgehead atoms. The molecule has 0 saturated heterocycles. The molecule has 2 aromatic rings. The average molecular weight is 231 g/mol. The maximum Gasteiger partial charge on any atom is 0.274 e. The predicted molar refractivity (Wildman–Crippen MR) is 67.4 cm³/mol. The van der Waals surface area contributed by atoms with Crippen LogP contribution in [0.1, 0.15) is 11.1 Å². The number of aromatic nitrogens is 1. The van der Waals surface area contributed by atoms with Crippen molar-refractivity contribution in [2.24, 2.45) is 0 Å². The zero-order chi connectivity index (χ0) is 12.6. The minimum Gasteiger partial charge on any atom is -0.373 e. The molecule has 0 aliphatic carbocycles. The lowest BCUT2D eigenvalue weighted by atomic mass is 10.1. The van der Waals surface area contributed by atoms with Gasteiger partial charge in [-0.25, -0.2) is 4.98 Å². The number of hydrogen-bond donors (Lipinski definition) is 1. The van der Waals surface area contributed by atoms with Crippen LogP contribution < -0.4 is 5.32 Å². The molecule has 1 heterocycles. The van der Waals surface area contributed by atoms with Gasteiger partial charge < -0.3 is 5.32 Å². The molecule has 0 spiro atoms. The van der Waals surface area contributed by atoms with Gasteiger partial charge in [0.1, 0.15) is 5.82 Å². The van der Waals surface area contributed by atoms with Gasteiger partial charge in [0.2, 0.25) is 0 Å². The third-order valence-electron chi connectivity index (χ3n) is 2.84. The summed E-state index contributed by atoms with van der Waals surface area (Å²) in [4.78, 5) is 14.9. The van der Waals surface area contributed by atoms with E-state index in [4.69, 9.17) is 0 Å². The summed E-state index contributed by atoms with van der Waals surface area (Å²) < 4.78 is 0. The summed E-state index contributed by atoms with van der Waals surface area (Å²) in [5, 5.41) is 14.8. The van der Waals surface area contributed by atoms with Gasteiger partial charge in [0.15, 0.2) is 0 Å². The largest absolute Gasteiger partial charge is 0.373 e. The zero-order valence-corrected chi connectivity index (χ0v) is 9.94. The van der Waals surface area contributed by atoms with Crippen molar-refractivity contribution in [2.45, 2.75) is 13.8 Å². The van der Waals surface area contributed by atoms with Crippen LogP contribution in [-0.2, 0) is 0 Å². The van der Waals surface area contributed by atoms with Crippen molar-refractivity contribution in [2.75, 3.05) is 12.4 Å². The van der Waals surface area contributed by atoms with Gasteiger partial charge in [0, 0.05) is 18.5 Å². The molecule has 0 saturated carbocycles. The van der Waals surface area contributed by atoms with Crippen molar-refractivity contribution in [3.05, 3.63) is 39.4 Å². The summed E-state index contributed by atoms with van der Waals surface area (Å²) in [7, 11) is 1.79. The Balaban J connectivity index is 2.80. The molecule has 5 nitrogen and oxygen atoms in total. The Kier molecular flexibility index (Phi) is 2.67. The van der Waals surface area contributed by atoms with Crippen LogP contribution in [0.15, 0.2) is 18.2 Å². The molecule has 0 unspecified atom stereocenters. The van der Waals surface area contributed by atoms with Crippen LogP contribution in [0, 0.1) is 24.0 Å². The van der Waals surface area contributed by atoms with E-state index in [0.717, 1.165) is 16.8 Å². The highest BCUT2D eigenvalue weighted by Crippen LogP contribution is 2.28. The Bertz CT molecular complexity index is 608. The summed E-state index contributed by atoms with van der Waals surface area (Å²) in [5.41, 5.74) is 2.40. The molecule has 17 heavy (non-hydrogen) atoms. The predicted octanol–water partition coefficient (Wildman–Crippen LogP) is 2.80. The van der Waals surface area contributed by atoms with Gasteiger partial charge in [0.25, 0.3) is 5.69 Å². The lowest BCUT2D eigenvalue weighted by molar-refractivity contribution is -0.385. The van der Waals surface area contributed by atoms with E-state index in [0.29, 0.717) is 11.1 Å². The van der Waals surface area contributed by atoms with Crippen molar-refractivity contribution in [3.63, 3.8) is 0 Å². The first-order chi connectivity index (χ1) is 8.04. The fourth-order valence-electron chi connectivity index (χ4n) is 1.93. The molecule has 5 heteroatoms. The van der Waals surface area contributed by atoms with Gasteiger partial charge in [-0.1, -0.05) is 0 Å². The van der Waals surface area contributed by atoms with E-state index in [1.807, 2.05) is 13.0 Å². The van der Waals surface area contributed by atoms with E-state index in [9.17, 15) is 10.1 Å². The van der Waals surface area contributed by atoms with Gasteiger partial charge in [-0.3, -0.25) is 10.1 Å². The van der Waals surface area contributed by atoms with Crippen LogP contribution in [0.3, 0.4) is 0 Å². The molecule has 0 amide bonds. The second kappa shape index (κ2) is 4.01. The van der Waals surface area contributed by atoms with E-state index in [1.54, 1.807) is 20.0 Å². The number of benzene rings is 1. The highest BCUT2D eigenvalue weighted by atomic mass is 16.6. The number of nitrogens with zero attached hydrogens (tertiary/aromatic N) is 2. The van der Waals surface area contributed by atoms with E-state index in [1.165, 1.54) is 6.07 Å². The van der Waals surface area contributed by atoms with E-state index < -0.39 is 0 Å². The fourth-order valence-corrected chi connectivity index (χ4v) is 1.93. The Morgan fingerprint density at radius 3 is 2.65 bits per heavy atom. The van der Waals surface area contributed by atoms with Crippen LogP contribution in [0.4, 0.5) is 11.5 Å². The van der Waals surface area contributed by atoms with Crippen LogP contribution in [0.2, 0.25) is 0 Å². The van der Waals surface area contributed by atoms with Gasteiger partial charge in [-0.2, -0.15) is 0 Å². The monoisotopic (exact) mass is 231 g/mol. The van der Waals surface area contributed by atoms with E-state index >= 15 is 0 Å². The number of nitro groups is 1. The first-order valence-corrected chi connectivity index (χ1v) is 5.27. The van der Waals surface area contributed by atoms with Crippen LogP contribution in [0.25, 0.3) is 10.9 Å². The molecular weight excluding hydrogens is 218 g/mol. The van der Waals surface area contributed by atoms with Crippen LogP contribution in [-0.4, -0.2) is 17.0 Å². The number of pyridine rings is 1. The highest BCUT2D eigenvalue weighted by molar-refractivity contribution is 5.87. The van der Waals surface area contributed by atoms with Crippen LogP contribution in [0.5, 0.6) is 0 Å². The maximum absolute atomic E-state index is 10.8. The second-order valence-corrected chi connectivity index (χ2v) is 3.94. The topological polar surface area (TPSA) is 68.1 Å². The summed E-state index contributed by atoms with van der Waals surface area (Å²) in [6, 6.07) is 5.24. The SMILES string of the molecule is CNc1nc2c(C)c([N+](=O)[O-])ccc2cc1C. The normalized spacial score (nSPS) is 10.5. The Morgan fingerprint density at radius 2 is 2.06 bits per heavy atom. The molecule has 0 radical (unpaired) electrons. The lowest BCUT2D eigenvalue weighted by Crippen LogP contribution is -1.99. The molecule has 1 N–H and O–H groups in total. The van der Waals surface area contributed by atoms with Crippen molar-refractivity contribution in [3.8, 4) is 0 Å². The van der Waals surface area contributed by atoms with Gasteiger partial charge in [-0.05, 0) is 31.5 Å². The Morgan fingerprint density at radius 1 is 1.35 bits per heavy atom. The number of nitro benzene ring substituents is 1. The number of fused-ring (bicyclic) bond motifs is 1. The smallest absolute Gasteiger partial charge is 0.274 e. The third kappa shape index (κ3) is 1.80. The van der Waals surface area contributed by atoms with Crippen LogP contribution >= 0.6 is 0 Å². The Labute approximate surface area is 98.6 Å². The van der Waals surface area contributed by atoms with Gasteiger partial charge >= 0.3 is 0 Å². The summed E-state index contributed by atoms with van der Waals surface area (Å²) in [6.07, 6.45) is 0. The minimum atomic E-state index is -0.380. The Hall–Kier alpha value is -2.17. The standard InChI is InChI=1S/C12H13N3O2/c1-7-6-9-4-5-10(15(16)17)8(2)11(9)14-12(7)13-3/h4-6H,1-3H3,(H,13,14). The zero-order valence-electron chi connectivity index (χ0n) is 9.94. The fraction of sp³-hybridized carbons (Fsp3) is 0.250. The van der Waals surface area contributed by atoms with Crippen molar-refractivity contribution < 1.29 is 4.92 Å². The van der Waals surface area contributed by atoms with Crippen molar-refractivity contribution in [1.29, 1.82) is 0 Å². The molecular formula is C12H13N3O2. The second-order valence-electron chi connectivity index (χ2n) is 3.94. The van der Waals surface area contributed by atoms with E-state index in [2.05, 4.69) is 10.3 Å². The number of aryl methyl sites for hydroxylation is 2. The summed E-state index contributed by atoms with van der Waals surface area (Å²) in [6.45, 7) is 3.68. The minimum absolute atomic E-state index is 0.107. The number of hydrogen-bond acceptors (Lipinski definition) is 4. The number of anilines is 1. The molecule has 88 valence electrons. The van der Waals surface area contributed by atoms with Crippen molar-refractivity contribution >= 4 is 22.4 Å². The first-order valence-electron chi connectivity index (χ1n) is 5.27. The molecule has 1 aromatic carbocycles. The molecule has 0 fully saturated rings. The first kappa shape index (κ1) is 11.3. The highest BCUT2D eigenvalue weighted by Gasteiger charge is 2.14. The molecule has 2 rings (SSSR count). The third-order valence-corrected chi connectivity index (χ3v) is 2.84. The molecule has 0 aliphatic rings. The average Bonchev–Trinajstić information content (AvgIpc) is 2.28. The molecule has 0 atom stereocenters. The molecule has 0 aliphatic heterocycles. The quantitative estimate of drug-likeness (QED) is 0.637. The van der Waals surface area contributed by atoms with E-state index in [-0.39, 0.29) is 10.6 Å². The summed E-state index contributed by atoms with van der Waals surface area (Å²) in [5.74, 6) is 0.751. The van der Waals surface area contributed by atoms with Gasteiger partial charge in [-0.15, -0.1) is 0 Å². The molecule has 1 aromatic heterocycles. The lowest BCUT2D eigenvalue weighted by Gasteiger charge is -2.08. The summed E-state index contributed by atoms with van der Waals surface area (Å²) >= 11 is 0. The van der Waals surface area contributed by atoms with Gasteiger partial charge in [0.05, 0.1) is 16.0 Å². The van der Waals surface area contributed by atoms with Crippen molar-refractivity contribution in [1.82, 2.24) is 4.98 Å². The number of rotatable bonds is 2. The number of nitrogens with one attached hydrogen (secondary N) is 1. The maximum atomic E-state index is 10.8.